The summed E-state index contributed by atoms with van der Waals surface area (Å²) < 4.78 is 0. The van der Waals surface area contributed by atoms with Gasteiger partial charge in [0.25, 0.3) is 0 Å². The first kappa shape index (κ1) is 20.0. The zero-order valence-electron chi connectivity index (χ0n) is 17.0. The Labute approximate surface area is 180 Å². The molecule has 1 heteroatoms. The fourth-order valence-electron chi connectivity index (χ4n) is 4.58. The number of hydrogen-bond donors (Lipinski definition) is 0. The quantitative estimate of drug-likeness (QED) is 0.362. The minimum absolute atomic E-state index is 0.733. The maximum atomic E-state index is 6.00. The number of benzene rings is 3. The van der Waals surface area contributed by atoms with Crippen molar-refractivity contribution in [2.45, 2.75) is 44.4 Å². The SMILES string of the molecule is C=CCC[C@H]1CC[C@H](c2ccc(-c3ccc(-c4ccc(Cl)cc4)cc3)cc2)CC1. The number of halogens is 1. The third-order valence-electron chi connectivity index (χ3n) is 6.40. The van der Waals surface area contributed by atoms with Crippen molar-refractivity contribution in [3.63, 3.8) is 0 Å². The molecule has 0 heterocycles. The van der Waals surface area contributed by atoms with Crippen molar-refractivity contribution in [3.8, 4) is 22.3 Å². The maximum absolute atomic E-state index is 6.00. The summed E-state index contributed by atoms with van der Waals surface area (Å²) in [5, 5.41) is 0.774. The molecule has 0 nitrogen and oxygen atoms in total. The summed E-state index contributed by atoms with van der Waals surface area (Å²) in [5.41, 5.74) is 6.47. The molecule has 0 aromatic heterocycles. The van der Waals surface area contributed by atoms with Crippen molar-refractivity contribution < 1.29 is 0 Å². The molecular weight excluding hydrogens is 372 g/mol. The van der Waals surface area contributed by atoms with Crippen LogP contribution in [0.2, 0.25) is 5.02 Å². The average molecular weight is 401 g/mol. The van der Waals surface area contributed by atoms with Gasteiger partial charge in [0, 0.05) is 5.02 Å². The molecule has 0 atom stereocenters. The van der Waals surface area contributed by atoms with E-state index in [1.165, 1.54) is 66.3 Å². The highest BCUT2D eigenvalue weighted by Crippen LogP contribution is 2.38. The van der Waals surface area contributed by atoms with Crippen molar-refractivity contribution in [1.29, 1.82) is 0 Å². The lowest BCUT2D eigenvalue weighted by molar-refractivity contribution is 0.312. The minimum Gasteiger partial charge on any atom is -0.103 e. The summed E-state index contributed by atoms with van der Waals surface area (Å²) in [7, 11) is 0. The van der Waals surface area contributed by atoms with Gasteiger partial charge in [0.2, 0.25) is 0 Å². The molecule has 4 rings (SSSR count). The lowest BCUT2D eigenvalue weighted by Gasteiger charge is -2.28. The Hall–Kier alpha value is -2.31. The van der Waals surface area contributed by atoms with Gasteiger partial charge in [0.1, 0.15) is 0 Å². The fourth-order valence-corrected chi connectivity index (χ4v) is 4.71. The van der Waals surface area contributed by atoms with E-state index in [1.807, 2.05) is 12.1 Å². The molecule has 0 bridgehead atoms. The van der Waals surface area contributed by atoms with Gasteiger partial charge in [-0.25, -0.2) is 0 Å². The lowest BCUT2D eigenvalue weighted by Crippen LogP contribution is -2.13. The molecule has 3 aromatic rings. The van der Waals surface area contributed by atoms with Crippen molar-refractivity contribution in [1.82, 2.24) is 0 Å². The Kier molecular flexibility index (Phi) is 6.52. The minimum atomic E-state index is 0.733. The first-order chi connectivity index (χ1) is 14.2. The van der Waals surface area contributed by atoms with Crippen molar-refractivity contribution >= 4 is 11.6 Å². The molecule has 0 saturated heterocycles. The number of rotatable bonds is 6. The van der Waals surface area contributed by atoms with Crippen LogP contribution in [0.4, 0.5) is 0 Å². The first-order valence-electron chi connectivity index (χ1n) is 10.8. The highest BCUT2D eigenvalue weighted by Gasteiger charge is 2.21. The second-order valence-electron chi connectivity index (χ2n) is 8.29. The molecule has 148 valence electrons. The molecule has 1 fully saturated rings. The van der Waals surface area contributed by atoms with Crippen LogP contribution in [-0.2, 0) is 0 Å². The lowest BCUT2D eigenvalue weighted by atomic mass is 9.77. The van der Waals surface area contributed by atoms with E-state index in [4.69, 9.17) is 11.6 Å². The smallest absolute Gasteiger partial charge is 0.0406 e. The Bertz CT molecular complexity index is 912. The van der Waals surface area contributed by atoms with Gasteiger partial charge in [-0.05, 0) is 90.3 Å². The first-order valence-corrected chi connectivity index (χ1v) is 11.2. The Morgan fingerprint density at radius 1 is 0.690 bits per heavy atom. The van der Waals surface area contributed by atoms with E-state index in [1.54, 1.807) is 0 Å². The number of allylic oxidation sites excluding steroid dienone is 1. The van der Waals surface area contributed by atoms with Crippen LogP contribution in [0, 0.1) is 5.92 Å². The van der Waals surface area contributed by atoms with Crippen molar-refractivity contribution in [3.05, 3.63) is 96.0 Å². The van der Waals surface area contributed by atoms with E-state index >= 15 is 0 Å². The van der Waals surface area contributed by atoms with Gasteiger partial charge in [-0.15, -0.1) is 6.58 Å². The third kappa shape index (κ3) is 5.00. The second kappa shape index (κ2) is 9.46. The summed E-state index contributed by atoms with van der Waals surface area (Å²) in [6, 6.07) is 26.1. The van der Waals surface area contributed by atoms with Gasteiger partial charge >= 0.3 is 0 Å². The van der Waals surface area contributed by atoms with E-state index < -0.39 is 0 Å². The van der Waals surface area contributed by atoms with E-state index in [0.29, 0.717) is 0 Å². The molecule has 0 amide bonds. The van der Waals surface area contributed by atoms with Gasteiger partial charge in [0.15, 0.2) is 0 Å². The van der Waals surface area contributed by atoms with Gasteiger partial charge < -0.3 is 0 Å². The van der Waals surface area contributed by atoms with Crippen LogP contribution in [0.3, 0.4) is 0 Å². The molecule has 0 spiro atoms. The summed E-state index contributed by atoms with van der Waals surface area (Å²) >= 11 is 6.00. The van der Waals surface area contributed by atoms with Crippen molar-refractivity contribution in [2.75, 3.05) is 0 Å². The van der Waals surface area contributed by atoms with Crippen LogP contribution < -0.4 is 0 Å². The molecule has 0 radical (unpaired) electrons. The Balaban J connectivity index is 1.40. The average Bonchev–Trinajstić information content (AvgIpc) is 2.79. The summed E-state index contributed by atoms with van der Waals surface area (Å²) in [4.78, 5) is 0. The summed E-state index contributed by atoms with van der Waals surface area (Å²) in [5.74, 6) is 1.64. The zero-order chi connectivity index (χ0) is 20.1. The Morgan fingerprint density at radius 3 is 1.62 bits per heavy atom. The van der Waals surface area contributed by atoms with Gasteiger partial charge in [-0.3, -0.25) is 0 Å². The molecule has 0 aliphatic heterocycles. The molecule has 0 N–H and O–H groups in total. The van der Waals surface area contributed by atoms with Crippen LogP contribution in [0.5, 0.6) is 0 Å². The van der Waals surface area contributed by atoms with Crippen LogP contribution >= 0.6 is 11.6 Å². The van der Waals surface area contributed by atoms with E-state index in [9.17, 15) is 0 Å². The maximum Gasteiger partial charge on any atom is 0.0406 e. The predicted molar refractivity (Wildman–Crippen MR) is 126 cm³/mol. The molecule has 3 aromatic carbocycles. The van der Waals surface area contributed by atoms with E-state index in [2.05, 4.69) is 73.3 Å². The molecule has 1 aliphatic rings. The van der Waals surface area contributed by atoms with Crippen LogP contribution in [0.1, 0.15) is 50.0 Å². The van der Waals surface area contributed by atoms with E-state index in [0.717, 1.165) is 16.9 Å². The third-order valence-corrected chi connectivity index (χ3v) is 6.66. The molecule has 29 heavy (non-hydrogen) atoms. The van der Waals surface area contributed by atoms with Gasteiger partial charge in [-0.1, -0.05) is 78.3 Å². The zero-order valence-corrected chi connectivity index (χ0v) is 17.7. The predicted octanol–water partition coefficient (Wildman–Crippen LogP) is 8.91. The molecular formula is C28H29Cl. The number of hydrogen-bond acceptors (Lipinski definition) is 0. The van der Waals surface area contributed by atoms with Gasteiger partial charge in [-0.2, -0.15) is 0 Å². The molecule has 1 saturated carbocycles. The standard InChI is InChI=1S/C28H29Cl/c1-2-3-4-21-5-7-22(8-6-21)23-9-11-24(12-10-23)25-13-15-26(16-14-25)27-17-19-28(29)20-18-27/h2,9-22H,1,3-8H2/t21-,22-. The van der Waals surface area contributed by atoms with Crippen molar-refractivity contribution in [2.24, 2.45) is 5.92 Å². The van der Waals surface area contributed by atoms with Crippen LogP contribution in [0.15, 0.2) is 85.5 Å². The fraction of sp³-hybridized carbons (Fsp3) is 0.286. The summed E-state index contributed by atoms with van der Waals surface area (Å²) in [6.45, 7) is 3.86. The topological polar surface area (TPSA) is 0 Å². The Morgan fingerprint density at radius 2 is 1.14 bits per heavy atom. The second-order valence-corrected chi connectivity index (χ2v) is 8.73. The largest absolute Gasteiger partial charge is 0.103 e. The normalized spacial score (nSPS) is 19.1. The molecule has 0 unspecified atom stereocenters. The van der Waals surface area contributed by atoms with Crippen LogP contribution in [0.25, 0.3) is 22.3 Å². The highest BCUT2D eigenvalue weighted by molar-refractivity contribution is 6.30. The molecule has 1 aliphatic carbocycles. The summed E-state index contributed by atoms with van der Waals surface area (Å²) in [6.07, 6.45) is 9.95. The monoisotopic (exact) mass is 400 g/mol. The highest BCUT2D eigenvalue weighted by atomic mass is 35.5. The van der Waals surface area contributed by atoms with Gasteiger partial charge in [0.05, 0.1) is 0 Å². The van der Waals surface area contributed by atoms with Crippen LogP contribution in [-0.4, -0.2) is 0 Å². The van der Waals surface area contributed by atoms with E-state index in [-0.39, 0.29) is 0 Å².